The van der Waals surface area contributed by atoms with Crippen molar-refractivity contribution in [3.05, 3.63) is 42.2 Å². The van der Waals surface area contributed by atoms with Crippen molar-refractivity contribution in [2.45, 2.75) is 13.3 Å². The highest BCUT2D eigenvalue weighted by atomic mass is 19.1. The van der Waals surface area contributed by atoms with Crippen molar-refractivity contribution < 1.29 is 14.2 Å². The second kappa shape index (κ2) is 6.28. The van der Waals surface area contributed by atoms with Crippen molar-refractivity contribution in [2.75, 3.05) is 13.2 Å². The minimum absolute atomic E-state index is 0.0966. The number of benzene rings is 1. The molecule has 1 atom stereocenters. The Balaban J connectivity index is 2.76. The van der Waals surface area contributed by atoms with Crippen molar-refractivity contribution in [2.24, 2.45) is 5.92 Å². The number of ether oxygens (including phenoxy) is 1. The molecule has 2 nitrogen and oxygen atoms in total. The zero-order chi connectivity index (χ0) is 12.0. The maximum Gasteiger partial charge on any atom is 0.127 e. The van der Waals surface area contributed by atoms with Gasteiger partial charge in [-0.2, -0.15) is 0 Å². The number of rotatable bonds is 6. The number of halogens is 1. The van der Waals surface area contributed by atoms with Crippen LogP contribution < -0.4 is 4.74 Å². The van der Waals surface area contributed by atoms with Gasteiger partial charge in [-0.05, 0) is 30.0 Å². The molecule has 1 rings (SSSR count). The standard InChI is InChI=1S/C13H17FO2/c1-3-4-16-13-7-11(5-10(2)9-15)6-12(14)8-13/h3,6-8,10,15H,1,4-5,9H2,2H3/t10-/m0/s1. The van der Waals surface area contributed by atoms with E-state index < -0.39 is 0 Å². The molecule has 0 amide bonds. The number of aliphatic hydroxyl groups excluding tert-OH is 1. The summed E-state index contributed by atoms with van der Waals surface area (Å²) in [5.74, 6) is 0.302. The molecule has 0 fully saturated rings. The van der Waals surface area contributed by atoms with E-state index in [9.17, 15) is 4.39 Å². The van der Waals surface area contributed by atoms with Gasteiger partial charge in [0, 0.05) is 12.7 Å². The quantitative estimate of drug-likeness (QED) is 0.752. The van der Waals surface area contributed by atoms with Crippen LogP contribution in [-0.2, 0) is 6.42 Å². The molecule has 0 aromatic heterocycles. The molecule has 0 unspecified atom stereocenters. The van der Waals surface area contributed by atoms with Crippen LogP contribution in [0.25, 0.3) is 0 Å². The van der Waals surface area contributed by atoms with Gasteiger partial charge in [0.2, 0.25) is 0 Å². The fraction of sp³-hybridized carbons (Fsp3) is 0.385. The Kier molecular flexibility index (Phi) is 4.99. The predicted octanol–water partition coefficient (Wildman–Crippen LogP) is 2.56. The second-order valence-electron chi connectivity index (χ2n) is 3.89. The molecule has 88 valence electrons. The Morgan fingerprint density at radius 1 is 1.50 bits per heavy atom. The first-order chi connectivity index (χ1) is 7.65. The number of hydrogen-bond donors (Lipinski definition) is 1. The Labute approximate surface area is 95.4 Å². The Hall–Kier alpha value is -1.35. The molecule has 1 aromatic rings. The summed E-state index contributed by atoms with van der Waals surface area (Å²) >= 11 is 0. The molecule has 16 heavy (non-hydrogen) atoms. The number of aliphatic hydroxyl groups is 1. The molecule has 0 radical (unpaired) electrons. The number of hydrogen-bond acceptors (Lipinski definition) is 2. The lowest BCUT2D eigenvalue weighted by molar-refractivity contribution is 0.237. The molecular weight excluding hydrogens is 207 g/mol. The van der Waals surface area contributed by atoms with Gasteiger partial charge in [0.25, 0.3) is 0 Å². The van der Waals surface area contributed by atoms with Gasteiger partial charge >= 0.3 is 0 Å². The van der Waals surface area contributed by atoms with Gasteiger partial charge in [-0.15, -0.1) is 0 Å². The van der Waals surface area contributed by atoms with Crippen LogP contribution in [0, 0.1) is 11.7 Å². The Morgan fingerprint density at radius 3 is 2.88 bits per heavy atom. The highest BCUT2D eigenvalue weighted by Crippen LogP contribution is 2.19. The first kappa shape index (κ1) is 12.7. The van der Waals surface area contributed by atoms with Crippen molar-refractivity contribution in [3.8, 4) is 5.75 Å². The van der Waals surface area contributed by atoms with Crippen LogP contribution in [0.2, 0.25) is 0 Å². The first-order valence-electron chi connectivity index (χ1n) is 5.29. The summed E-state index contributed by atoms with van der Waals surface area (Å²) in [6, 6.07) is 4.60. The van der Waals surface area contributed by atoms with Gasteiger partial charge in [0.1, 0.15) is 18.2 Å². The topological polar surface area (TPSA) is 29.5 Å². The third kappa shape index (κ3) is 4.03. The third-order valence-corrected chi connectivity index (χ3v) is 2.19. The second-order valence-corrected chi connectivity index (χ2v) is 3.89. The summed E-state index contributed by atoms with van der Waals surface area (Å²) in [6.45, 7) is 5.90. The minimum Gasteiger partial charge on any atom is -0.489 e. The average Bonchev–Trinajstić information content (AvgIpc) is 2.25. The van der Waals surface area contributed by atoms with Crippen LogP contribution in [0.3, 0.4) is 0 Å². The van der Waals surface area contributed by atoms with Gasteiger partial charge in [-0.3, -0.25) is 0 Å². The largest absolute Gasteiger partial charge is 0.489 e. The van der Waals surface area contributed by atoms with Crippen molar-refractivity contribution in [1.29, 1.82) is 0 Å². The van der Waals surface area contributed by atoms with E-state index in [4.69, 9.17) is 9.84 Å². The van der Waals surface area contributed by atoms with E-state index in [1.807, 2.05) is 6.92 Å². The fourth-order valence-corrected chi connectivity index (χ4v) is 1.44. The van der Waals surface area contributed by atoms with Gasteiger partial charge < -0.3 is 9.84 Å². The summed E-state index contributed by atoms with van der Waals surface area (Å²) in [5, 5.41) is 8.94. The highest BCUT2D eigenvalue weighted by Gasteiger charge is 2.06. The summed E-state index contributed by atoms with van der Waals surface area (Å²) in [4.78, 5) is 0. The Morgan fingerprint density at radius 2 is 2.25 bits per heavy atom. The molecule has 0 heterocycles. The molecule has 0 bridgehead atoms. The SMILES string of the molecule is C=CCOc1cc(F)cc(C[C@H](C)CO)c1. The zero-order valence-corrected chi connectivity index (χ0v) is 9.45. The molecule has 1 N–H and O–H groups in total. The molecule has 0 aliphatic heterocycles. The van der Waals surface area contributed by atoms with E-state index in [0.29, 0.717) is 18.8 Å². The fourth-order valence-electron chi connectivity index (χ4n) is 1.44. The minimum atomic E-state index is -0.318. The van der Waals surface area contributed by atoms with Crippen LogP contribution in [0.4, 0.5) is 4.39 Å². The summed E-state index contributed by atoms with van der Waals surface area (Å²) in [7, 11) is 0. The molecule has 0 saturated heterocycles. The van der Waals surface area contributed by atoms with Crippen LogP contribution >= 0.6 is 0 Å². The zero-order valence-electron chi connectivity index (χ0n) is 9.45. The maximum atomic E-state index is 13.2. The van der Waals surface area contributed by atoms with Crippen LogP contribution in [-0.4, -0.2) is 18.3 Å². The van der Waals surface area contributed by atoms with Crippen molar-refractivity contribution >= 4 is 0 Å². The Bertz CT molecular complexity index is 350. The summed E-state index contributed by atoms with van der Waals surface area (Å²) in [6.07, 6.45) is 2.25. The van der Waals surface area contributed by atoms with Crippen LogP contribution in [0.5, 0.6) is 5.75 Å². The molecule has 1 aromatic carbocycles. The lowest BCUT2D eigenvalue weighted by atomic mass is 10.0. The monoisotopic (exact) mass is 224 g/mol. The lowest BCUT2D eigenvalue weighted by Crippen LogP contribution is -2.05. The molecule has 0 aliphatic carbocycles. The van der Waals surface area contributed by atoms with E-state index in [1.165, 1.54) is 12.1 Å². The van der Waals surface area contributed by atoms with Gasteiger partial charge in [-0.25, -0.2) is 4.39 Å². The molecular formula is C13H17FO2. The summed E-state index contributed by atoms with van der Waals surface area (Å²) in [5.41, 5.74) is 0.834. The summed E-state index contributed by atoms with van der Waals surface area (Å²) < 4.78 is 18.5. The third-order valence-electron chi connectivity index (χ3n) is 2.19. The highest BCUT2D eigenvalue weighted by molar-refractivity contribution is 5.30. The molecule has 0 aliphatic rings. The molecule has 0 saturated carbocycles. The van der Waals surface area contributed by atoms with Crippen molar-refractivity contribution in [1.82, 2.24) is 0 Å². The van der Waals surface area contributed by atoms with Crippen molar-refractivity contribution in [3.63, 3.8) is 0 Å². The van der Waals surface area contributed by atoms with Gasteiger partial charge in [-0.1, -0.05) is 19.6 Å². The smallest absolute Gasteiger partial charge is 0.127 e. The van der Waals surface area contributed by atoms with Crippen LogP contribution in [0.15, 0.2) is 30.9 Å². The molecule has 0 spiro atoms. The van der Waals surface area contributed by atoms with E-state index >= 15 is 0 Å². The van der Waals surface area contributed by atoms with E-state index in [1.54, 1.807) is 12.1 Å². The van der Waals surface area contributed by atoms with E-state index in [0.717, 1.165) is 5.56 Å². The van der Waals surface area contributed by atoms with Gasteiger partial charge in [0.05, 0.1) is 0 Å². The molecule has 3 heteroatoms. The lowest BCUT2D eigenvalue weighted by Gasteiger charge is -2.10. The predicted molar refractivity (Wildman–Crippen MR) is 62.0 cm³/mol. The maximum absolute atomic E-state index is 13.2. The normalized spacial score (nSPS) is 12.2. The van der Waals surface area contributed by atoms with E-state index in [-0.39, 0.29) is 18.3 Å². The first-order valence-corrected chi connectivity index (χ1v) is 5.29. The van der Waals surface area contributed by atoms with Gasteiger partial charge in [0.15, 0.2) is 0 Å². The van der Waals surface area contributed by atoms with E-state index in [2.05, 4.69) is 6.58 Å². The average molecular weight is 224 g/mol. The van der Waals surface area contributed by atoms with Crippen LogP contribution in [0.1, 0.15) is 12.5 Å².